The Kier molecular flexibility index (Phi) is 6.21. The number of hydrogen-bond acceptors (Lipinski definition) is 7. The molecule has 1 aromatic carbocycles. The molecule has 2 aliphatic heterocycles. The number of aryl methyl sites for hydroxylation is 1. The monoisotopic (exact) mass is 512 g/mol. The second-order valence-corrected chi connectivity index (χ2v) is 9.26. The van der Waals surface area contributed by atoms with Gasteiger partial charge in [-0.1, -0.05) is 6.07 Å². The molecule has 0 radical (unpaired) electrons. The van der Waals surface area contributed by atoms with Gasteiger partial charge in [0, 0.05) is 50.9 Å². The summed E-state index contributed by atoms with van der Waals surface area (Å²) in [4.78, 5) is 19.2. The maximum Gasteiger partial charge on any atom is 0.259 e. The van der Waals surface area contributed by atoms with Crippen molar-refractivity contribution in [3.05, 3.63) is 59.7 Å². The van der Waals surface area contributed by atoms with Crippen molar-refractivity contribution in [2.45, 2.75) is 31.9 Å². The van der Waals surface area contributed by atoms with E-state index in [1.807, 2.05) is 6.07 Å². The van der Waals surface area contributed by atoms with Gasteiger partial charge in [0.2, 0.25) is 5.95 Å². The predicted octanol–water partition coefficient (Wildman–Crippen LogP) is 4.07. The zero-order valence-electron chi connectivity index (χ0n) is 19.8. The molecule has 0 bridgehead atoms. The number of rotatable bonds is 6. The van der Waals surface area contributed by atoms with Gasteiger partial charge < -0.3 is 15.2 Å². The molecule has 3 aromatic heterocycles. The maximum absolute atomic E-state index is 14.9. The average molecular weight is 513 g/mol. The van der Waals surface area contributed by atoms with Crippen LogP contribution in [0.4, 0.5) is 29.3 Å². The Balaban J connectivity index is 1.27. The molecule has 8 nitrogen and oxygen atoms in total. The third kappa shape index (κ3) is 4.62. The first-order valence-electron chi connectivity index (χ1n) is 12.1. The predicted molar refractivity (Wildman–Crippen MR) is 130 cm³/mol. The van der Waals surface area contributed by atoms with E-state index in [0.29, 0.717) is 18.1 Å². The summed E-state index contributed by atoms with van der Waals surface area (Å²) in [5.41, 5.74) is 1.20. The highest BCUT2D eigenvalue weighted by molar-refractivity contribution is 5.83. The van der Waals surface area contributed by atoms with Gasteiger partial charge >= 0.3 is 0 Å². The van der Waals surface area contributed by atoms with Crippen LogP contribution in [-0.4, -0.2) is 62.0 Å². The molecular weight excluding hydrogens is 488 g/mol. The molecule has 4 aromatic rings. The molecule has 2 N–H and O–H groups in total. The van der Waals surface area contributed by atoms with Crippen molar-refractivity contribution in [1.29, 1.82) is 0 Å². The van der Waals surface area contributed by atoms with E-state index in [2.05, 4.69) is 35.5 Å². The lowest BCUT2D eigenvalue weighted by molar-refractivity contribution is 0.0883. The second kappa shape index (κ2) is 9.67. The van der Waals surface area contributed by atoms with E-state index in [4.69, 9.17) is 0 Å². The van der Waals surface area contributed by atoms with Crippen LogP contribution >= 0.6 is 0 Å². The van der Waals surface area contributed by atoms with Gasteiger partial charge in [0.05, 0.1) is 17.8 Å². The number of halogens is 4. The number of alkyl halides is 2. The highest BCUT2D eigenvalue weighted by Crippen LogP contribution is 2.37. The van der Waals surface area contributed by atoms with E-state index < -0.39 is 24.1 Å². The van der Waals surface area contributed by atoms with Crippen LogP contribution in [-0.2, 0) is 13.0 Å². The van der Waals surface area contributed by atoms with E-state index in [9.17, 15) is 17.6 Å². The molecule has 1 unspecified atom stereocenters. The normalized spacial score (nSPS) is 18.0. The highest BCUT2D eigenvalue weighted by Gasteiger charge is 2.33. The zero-order chi connectivity index (χ0) is 25.5. The maximum atomic E-state index is 14.9. The van der Waals surface area contributed by atoms with E-state index in [-0.39, 0.29) is 34.7 Å². The van der Waals surface area contributed by atoms with Gasteiger partial charge in [0.25, 0.3) is 6.43 Å². The van der Waals surface area contributed by atoms with Gasteiger partial charge in [0.1, 0.15) is 22.9 Å². The number of anilines is 2. The van der Waals surface area contributed by atoms with Crippen LogP contribution in [0, 0.1) is 11.6 Å². The van der Waals surface area contributed by atoms with Crippen molar-refractivity contribution in [3.8, 4) is 11.3 Å². The molecule has 1 saturated heterocycles. The number of imidazole rings is 1. The molecule has 0 saturated carbocycles. The van der Waals surface area contributed by atoms with E-state index >= 15 is 0 Å². The van der Waals surface area contributed by atoms with Crippen molar-refractivity contribution in [2.24, 2.45) is 0 Å². The Morgan fingerprint density at radius 3 is 2.62 bits per heavy atom. The standard InChI is InChI=1S/C25H24F4N8/c26-16-9-15(10-19-23(16)34-21-4-2-18(24(28)29)37(19)21)22-17(27)12-32-25(35-22)33-20-3-1-14(11-31-20)13-36-7-5-30-6-8-36/h1,3,9-12,18,24,30H,2,4-8,13H2,(H,31,32,33,35). The van der Waals surface area contributed by atoms with Crippen LogP contribution in [0.15, 0.2) is 36.7 Å². The minimum Gasteiger partial charge on any atom is -0.319 e. The number of piperazine rings is 1. The number of aromatic nitrogens is 5. The lowest BCUT2D eigenvalue weighted by atomic mass is 10.1. The summed E-state index contributed by atoms with van der Waals surface area (Å²) < 4.78 is 58.2. The average Bonchev–Trinajstić information content (AvgIpc) is 3.47. The van der Waals surface area contributed by atoms with Crippen LogP contribution in [0.3, 0.4) is 0 Å². The van der Waals surface area contributed by atoms with Crippen molar-refractivity contribution in [2.75, 3.05) is 31.5 Å². The summed E-state index contributed by atoms with van der Waals surface area (Å²) in [6.45, 7) is 4.67. The molecule has 0 spiro atoms. The van der Waals surface area contributed by atoms with Crippen molar-refractivity contribution >= 4 is 22.8 Å². The summed E-state index contributed by atoms with van der Waals surface area (Å²) in [5.74, 6) is -0.555. The highest BCUT2D eigenvalue weighted by atomic mass is 19.3. The number of nitrogens with one attached hydrogen (secondary N) is 2. The minimum absolute atomic E-state index is 0.0120. The van der Waals surface area contributed by atoms with Crippen LogP contribution < -0.4 is 10.6 Å². The lowest BCUT2D eigenvalue weighted by Gasteiger charge is -2.27. The largest absolute Gasteiger partial charge is 0.319 e. The number of fused-ring (bicyclic) bond motifs is 3. The minimum atomic E-state index is -2.62. The van der Waals surface area contributed by atoms with Gasteiger partial charge in [-0.3, -0.25) is 4.90 Å². The lowest BCUT2D eigenvalue weighted by Crippen LogP contribution is -2.42. The molecule has 6 rings (SSSR count). The van der Waals surface area contributed by atoms with E-state index in [0.717, 1.165) is 50.6 Å². The van der Waals surface area contributed by atoms with Crippen LogP contribution in [0.5, 0.6) is 0 Å². The van der Waals surface area contributed by atoms with Crippen molar-refractivity contribution in [1.82, 2.24) is 34.7 Å². The third-order valence-corrected chi connectivity index (χ3v) is 6.81. The number of hydrogen-bond donors (Lipinski definition) is 2. The summed E-state index contributed by atoms with van der Waals surface area (Å²) in [6.07, 6.45) is 0.674. The number of pyridine rings is 1. The first kappa shape index (κ1) is 23.7. The molecular formula is C25H24F4N8. The zero-order valence-corrected chi connectivity index (χ0v) is 19.8. The van der Waals surface area contributed by atoms with Gasteiger partial charge in [0.15, 0.2) is 11.6 Å². The Labute approximate surface area is 209 Å². The number of nitrogens with zero attached hydrogens (tertiary/aromatic N) is 6. The quantitative estimate of drug-likeness (QED) is 0.377. The van der Waals surface area contributed by atoms with Crippen LogP contribution in [0.2, 0.25) is 0 Å². The fourth-order valence-corrected chi connectivity index (χ4v) is 4.99. The molecule has 5 heterocycles. The van der Waals surface area contributed by atoms with Gasteiger partial charge in [-0.05, 0) is 30.2 Å². The molecule has 2 aliphatic rings. The summed E-state index contributed by atoms with van der Waals surface area (Å²) in [7, 11) is 0. The Morgan fingerprint density at radius 1 is 1.03 bits per heavy atom. The van der Waals surface area contributed by atoms with Crippen LogP contribution in [0.25, 0.3) is 22.3 Å². The molecule has 0 aliphatic carbocycles. The third-order valence-electron chi connectivity index (χ3n) is 6.81. The SMILES string of the molecule is Fc1cnc(Nc2ccc(CN3CCNCC3)cn2)nc1-c1cc(F)c2nc3n(c2c1)C(C(F)F)CC3. The van der Waals surface area contributed by atoms with Crippen LogP contribution in [0.1, 0.15) is 23.9 Å². The molecule has 37 heavy (non-hydrogen) atoms. The first-order chi connectivity index (χ1) is 18.0. The Bertz CT molecular complexity index is 1430. The topological polar surface area (TPSA) is 83.8 Å². The molecule has 12 heteroatoms. The fourth-order valence-electron chi connectivity index (χ4n) is 4.99. The molecule has 0 amide bonds. The summed E-state index contributed by atoms with van der Waals surface area (Å²) in [6, 6.07) is 5.21. The Morgan fingerprint density at radius 2 is 1.86 bits per heavy atom. The summed E-state index contributed by atoms with van der Waals surface area (Å²) in [5, 5.41) is 6.27. The summed E-state index contributed by atoms with van der Waals surface area (Å²) >= 11 is 0. The number of benzene rings is 1. The smallest absolute Gasteiger partial charge is 0.259 e. The van der Waals surface area contributed by atoms with Crippen molar-refractivity contribution in [3.63, 3.8) is 0 Å². The van der Waals surface area contributed by atoms with Gasteiger partial charge in [-0.25, -0.2) is 37.5 Å². The van der Waals surface area contributed by atoms with E-state index in [1.165, 1.54) is 10.6 Å². The first-order valence-corrected chi connectivity index (χ1v) is 12.1. The fraction of sp³-hybridized carbons (Fsp3) is 0.360. The molecule has 192 valence electrons. The van der Waals surface area contributed by atoms with Gasteiger partial charge in [-0.2, -0.15) is 0 Å². The Hall–Kier alpha value is -3.64. The van der Waals surface area contributed by atoms with Gasteiger partial charge in [-0.15, -0.1) is 0 Å². The van der Waals surface area contributed by atoms with Crippen molar-refractivity contribution < 1.29 is 17.6 Å². The molecule has 1 atom stereocenters. The molecule has 1 fully saturated rings. The second-order valence-electron chi connectivity index (χ2n) is 9.26. The van der Waals surface area contributed by atoms with E-state index in [1.54, 1.807) is 12.3 Å².